The monoisotopic (exact) mass is 410 g/mol. The standard InChI is InChI=1S/C28H30N2O/c29-27(16-7-11-22-9-3-1-4-10-22)28(31)30-19-17-24(18-20-30)26-15-8-14-25(21-26)23-12-5-2-6-13-23/h1-15,21,24,27H,16-20,29H2/b11-7+. The Bertz CT molecular complexity index is 1010. The fourth-order valence-electron chi connectivity index (χ4n) is 4.29. The molecule has 1 aliphatic rings. The third-order valence-corrected chi connectivity index (χ3v) is 6.09. The molecule has 1 atom stereocenters. The van der Waals surface area contributed by atoms with Crippen molar-refractivity contribution >= 4 is 12.0 Å². The summed E-state index contributed by atoms with van der Waals surface area (Å²) in [5, 5.41) is 0. The van der Waals surface area contributed by atoms with Crippen LogP contribution in [0.3, 0.4) is 0 Å². The van der Waals surface area contributed by atoms with E-state index in [-0.39, 0.29) is 5.91 Å². The lowest BCUT2D eigenvalue weighted by Crippen LogP contribution is -2.46. The SMILES string of the molecule is NC(C/C=C/c1ccccc1)C(=O)N1CCC(c2cccc(-c3ccccc3)c2)CC1. The second-order valence-electron chi connectivity index (χ2n) is 8.25. The highest BCUT2D eigenvalue weighted by atomic mass is 16.2. The topological polar surface area (TPSA) is 46.3 Å². The number of nitrogens with zero attached hydrogens (tertiary/aromatic N) is 1. The summed E-state index contributed by atoms with van der Waals surface area (Å²) < 4.78 is 0. The molecule has 3 aromatic rings. The van der Waals surface area contributed by atoms with E-state index in [1.54, 1.807) is 0 Å². The lowest BCUT2D eigenvalue weighted by Gasteiger charge is -2.33. The van der Waals surface area contributed by atoms with Crippen LogP contribution in [-0.2, 0) is 4.79 Å². The summed E-state index contributed by atoms with van der Waals surface area (Å²) >= 11 is 0. The molecule has 3 aromatic carbocycles. The van der Waals surface area contributed by atoms with Gasteiger partial charge in [0.2, 0.25) is 5.91 Å². The van der Waals surface area contributed by atoms with Gasteiger partial charge in [0.15, 0.2) is 0 Å². The fraction of sp³-hybridized carbons (Fsp3) is 0.250. The molecule has 0 bridgehead atoms. The van der Waals surface area contributed by atoms with E-state index in [2.05, 4.69) is 48.5 Å². The summed E-state index contributed by atoms with van der Waals surface area (Å²) in [5.74, 6) is 0.552. The van der Waals surface area contributed by atoms with Gasteiger partial charge in [-0.05, 0) is 47.4 Å². The number of amides is 1. The summed E-state index contributed by atoms with van der Waals surface area (Å²) in [6, 6.07) is 28.9. The number of rotatable bonds is 6. The minimum absolute atomic E-state index is 0.0641. The highest BCUT2D eigenvalue weighted by Gasteiger charge is 2.26. The van der Waals surface area contributed by atoms with E-state index in [0.717, 1.165) is 31.5 Å². The van der Waals surface area contributed by atoms with Crippen molar-refractivity contribution in [3.8, 4) is 11.1 Å². The van der Waals surface area contributed by atoms with Crippen LogP contribution in [0.2, 0.25) is 0 Å². The number of likely N-dealkylation sites (tertiary alicyclic amines) is 1. The number of hydrogen-bond donors (Lipinski definition) is 1. The molecule has 1 amide bonds. The lowest BCUT2D eigenvalue weighted by molar-refractivity contribution is -0.133. The molecule has 1 fully saturated rings. The van der Waals surface area contributed by atoms with Crippen molar-refractivity contribution in [2.45, 2.75) is 31.2 Å². The molecule has 3 heteroatoms. The van der Waals surface area contributed by atoms with Gasteiger partial charge in [0.05, 0.1) is 6.04 Å². The first-order valence-corrected chi connectivity index (χ1v) is 11.1. The van der Waals surface area contributed by atoms with E-state index >= 15 is 0 Å². The zero-order valence-corrected chi connectivity index (χ0v) is 17.9. The van der Waals surface area contributed by atoms with Crippen LogP contribution < -0.4 is 5.73 Å². The van der Waals surface area contributed by atoms with E-state index in [1.807, 2.05) is 53.5 Å². The molecule has 31 heavy (non-hydrogen) atoms. The van der Waals surface area contributed by atoms with Crippen LogP contribution in [0.5, 0.6) is 0 Å². The Hall–Kier alpha value is -3.17. The molecule has 3 nitrogen and oxygen atoms in total. The Balaban J connectivity index is 1.31. The maximum Gasteiger partial charge on any atom is 0.239 e. The fourth-order valence-corrected chi connectivity index (χ4v) is 4.29. The van der Waals surface area contributed by atoms with Crippen LogP contribution in [0.1, 0.15) is 36.3 Å². The average Bonchev–Trinajstić information content (AvgIpc) is 2.85. The molecular weight excluding hydrogens is 380 g/mol. The minimum atomic E-state index is -0.474. The number of hydrogen-bond acceptors (Lipinski definition) is 2. The Morgan fingerprint density at radius 1 is 0.903 bits per heavy atom. The zero-order valence-electron chi connectivity index (χ0n) is 17.9. The van der Waals surface area contributed by atoms with E-state index < -0.39 is 6.04 Å². The molecule has 1 unspecified atom stereocenters. The van der Waals surface area contributed by atoms with Gasteiger partial charge in [-0.1, -0.05) is 97.1 Å². The smallest absolute Gasteiger partial charge is 0.239 e. The normalized spacial score (nSPS) is 15.8. The predicted molar refractivity (Wildman–Crippen MR) is 129 cm³/mol. The van der Waals surface area contributed by atoms with Crippen molar-refractivity contribution in [1.82, 2.24) is 4.90 Å². The Labute approximate surface area is 185 Å². The number of carbonyl (C=O) groups is 1. The van der Waals surface area contributed by atoms with Gasteiger partial charge in [0.25, 0.3) is 0 Å². The first-order valence-electron chi connectivity index (χ1n) is 11.1. The van der Waals surface area contributed by atoms with Crippen molar-refractivity contribution in [1.29, 1.82) is 0 Å². The highest BCUT2D eigenvalue weighted by molar-refractivity contribution is 5.82. The van der Waals surface area contributed by atoms with Crippen molar-refractivity contribution in [2.75, 3.05) is 13.1 Å². The molecule has 158 valence electrons. The van der Waals surface area contributed by atoms with Crippen LogP contribution in [0, 0.1) is 0 Å². The Morgan fingerprint density at radius 2 is 1.55 bits per heavy atom. The summed E-state index contributed by atoms with van der Waals surface area (Å²) in [5.41, 5.74) is 11.2. The van der Waals surface area contributed by atoms with Crippen LogP contribution in [0.25, 0.3) is 17.2 Å². The largest absolute Gasteiger partial charge is 0.341 e. The Kier molecular flexibility index (Phi) is 6.96. The minimum Gasteiger partial charge on any atom is -0.341 e. The predicted octanol–water partition coefficient (Wildman–Crippen LogP) is 5.49. The van der Waals surface area contributed by atoms with Gasteiger partial charge in [-0.3, -0.25) is 4.79 Å². The molecule has 4 rings (SSSR count). The first-order chi connectivity index (χ1) is 15.2. The van der Waals surface area contributed by atoms with Crippen molar-refractivity contribution in [2.24, 2.45) is 5.73 Å². The van der Waals surface area contributed by atoms with Crippen LogP contribution >= 0.6 is 0 Å². The maximum absolute atomic E-state index is 12.8. The quantitative estimate of drug-likeness (QED) is 0.584. The highest BCUT2D eigenvalue weighted by Crippen LogP contribution is 2.31. The third kappa shape index (κ3) is 5.50. The number of benzene rings is 3. The van der Waals surface area contributed by atoms with Gasteiger partial charge in [-0.15, -0.1) is 0 Å². The number of nitrogens with two attached hydrogens (primary N) is 1. The van der Waals surface area contributed by atoms with E-state index in [0.29, 0.717) is 12.3 Å². The number of carbonyl (C=O) groups excluding carboxylic acids is 1. The van der Waals surface area contributed by atoms with Crippen LogP contribution in [0.4, 0.5) is 0 Å². The molecule has 0 radical (unpaired) electrons. The molecule has 0 saturated carbocycles. The van der Waals surface area contributed by atoms with Crippen LogP contribution in [0.15, 0.2) is 91.0 Å². The molecule has 2 N–H and O–H groups in total. The van der Waals surface area contributed by atoms with Crippen LogP contribution in [-0.4, -0.2) is 29.9 Å². The van der Waals surface area contributed by atoms with Crippen molar-refractivity contribution < 1.29 is 4.79 Å². The zero-order chi connectivity index (χ0) is 21.5. The van der Waals surface area contributed by atoms with Gasteiger partial charge in [-0.25, -0.2) is 0 Å². The first kappa shape index (κ1) is 21.1. The molecule has 0 aromatic heterocycles. The lowest BCUT2D eigenvalue weighted by atomic mass is 9.87. The summed E-state index contributed by atoms with van der Waals surface area (Å²) in [4.78, 5) is 14.7. The van der Waals surface area contributed by atoms with E-state index in [9.17, 15) is 4.79 Å². The van der Waals surface area contributed by atoms with Gasteiger partial charge >= 0.3 is 0 Å². The maximum atomic E-state index is 12.8. The second kappa shape index (κ2) is 10.2. The summed E-state index contributed by atoms with van der Waals surface area (Å²) in [6.45, 7) is 1.55. The molecule has 0 aliphatic carbocycles. The summed E-state index contributed by atoms with van der Waals surface area (Å²) in [6.07, 6.45) is 6.55. The molecule has 0 spiro atoms. The molecule has 1 aliphatic heterocycles. The van der Waals surface area contributed by atoms with E-state index in [4.69, 9.17) is 5.73 Å². The van der Waals surface area contributed by atoms with Crippen molar-refractivity contribution in [3.05, 3.63) is 102 Å². The number of piperidine rings is 1. The molecular formula is C28H30N2O. The van der Waals surface area contributed by atoms with Gasteiger partial charge in [-0.2, -0.15) is 0 Å². The molecule has 1 heterocycles. The van der Waals surface area contributed by atoms with Crippen molar-refractivity contribution in [3.63, 3.8) is 0 Å². The molecule has 1 saturated heterocycles. The van der Waals surface area contributed by atoms with Gasteiger partial charge in [0, 0.05) is 13.1 Å². The third-order valence-electron chi connectivity index (χ3n) is 6.09. The summed E-state index contributed by atoms with van der Waals surface area (Å²) in [7, 11) is 0. The Morgan fingerprint density at radius 3 is 2.26 bits per heavy atom. The van der Waals surface area contributed by atoms with Gasteiger partial charge in [0.1, 0.15) is 0 Å². The average molecular weight is 411 g/mol. The second-order valence-corrected chi connectivity index (χ2v) is 8.25. The van der Waals surface area contributed by atoms with E-state index in [1.165, 1.54) is 16.7 Å². The van der Waals surface area contributed by atoms with Gasteiger partial charge < -0.3 is 10.6 Å².